The maximum absolute atomic E-state index is 13.3. The number of nitrogens with one attached hydrogen (secondary N) is 1. The van der Waals surface area contributed by atoms with Crippen molar-refractivity contribution >= 4 is 21.6 Å². The molecule has 1 aliphatic rings. The lowest BCUT2D eigenvalue weighted by atomic mass is 9.95. The summed E-state index contributed by atoms with van der Waals surface area (Å²) in [6, 6.07) is 16.0. The molecule has 1 amide bonds. The fourth-order valence-corrected chi connectivity index (χ4v) is 5.04. The van der Waals surface area contributed by atoms with Crippen molar-refractivity contribution in [1.82, 2.24) is 4.31 Å². The third kappa shape index (κ3) is 3.96. The second-order valence-corrected chi connectivity index (χ2v) is 8.88. The third-order valence-corrected chi connectivity index (χ3v) is 6.91. The van der Waals surface area contributed by atoms with E-state index in [9.17, 15) is 22.0 Å². The van der Waals surface area contributed by atoms with Crippen LogP contribution in [0.15, 0.2) is 77.7 Å². The van der Waals surface area contributed by atoms with Gasteiger partial charge in [-0.2, -0.15) is 4.31 Å². The molecular weight excluding hydrogens is 410 g/mol. The Morgan fingerprint density at radius 2 is 1.43 bits per heavy atom. The molecule has 1 heterocycles. The normalized spacial score (nSPS) is 16.7. The molecule has 1 aliphatic heterocycles. The number of fused-ring (bicyclic) bond motifs is 1. The first kappa shape index (κ1) is 20.2. The van der Waals surface area contributed by atoms with Gasteiger partial charge in [-0.25, -0.2) is 17.2 Å². The van der Waals surface area contributed by atoms with E-state index in [0.717, 1.165) is 27.6 Å². The summed E-state index contributed by atoms with van der Waals surface area (Å²) in [5, 5.41) is 2.66. The van der Waals surface area contributed by atoms with Gasteiger partial charge in [0.15, 0.2) is 0 Å². The number of benzene rings is 3. The molecule has 0 unspecified atom stereocenters. The van der Waals surface area contributed by atoms with Gasteiger partial charge in [-0.1, -0.05) is 24.3 Å². The van der Waals surface area contributed by atoms with Gasteiger partial charge in [-0.05, 0) is 66.1 Å². The van der Waals surface area contributed by atoms with Crippen LogP contribution < -0.4 is 5.32 Å². The molecule has 1 N–H and O–H groups in total. The van der Waals surface area contributed by atoms with Crippen molar-refractivity contribution in [1.29, 1.82) is 0 Å². The molecule has 0 spiro atoms. The predicted molar refractivity (Wildman–Crippen MR) is 108 cm³/mol. The molecule has 0 saturated heterocycles. The number of amides is 1. The first-order chi connectivity index (χ1) is 14.3. The Labute approximate surface area is 173 Å². The van der Waals surface area contributed by atoms with E-state index in [-0.39, 0.29) is 17.9 Å². The molecule has 154 valence electrons. The monoisotopic (exact) mass is 428 g/mol. The Morgan fingerprint density at radius 1 is 0.867 bits per heavy atom. The second-order valence-electron chi connectivity index (χ2n) is 6.99. The van der Waals surface area contributed by atoms with Crippen LogP contribution in [0.3, 0.4) is 0 Å². The largest absolute Gasteiger partial charge is 0.325 e. The van der Waals surface area contributed by atoms with Crippen molar-refractivity contribution < 1.29 is 22.0 Å². The Kier molecular flexibility index (Phi) is 5.36. The first-order valence-corrected chi connectivity index (χ1v) is 10.7. The molecule has 0 fully saturated rings. The summed E-state index contributed by atoms with van der Waals surface area (Å²) in [6.45, 7) is 0.0113. The summed E-state index contributed by atoms with van der Waals surface area (Å²) in [4.78, 5) is 12.9. The standard InChI is InChI=1S/C22H18F2N2O3S/c23-17-5-9-19(10-6-17)25-22(27)21-13-15-3-1-2-4-16(15)14-26(21)30(28,29)20-11-7-18(24)8-12-20/h1-12,21H,13-14H2,(H,25,27)/t21-/m1/s1. The number of sulfonamides is 1. The summed E-state index contributed by atoms with van der Waals surface area (Å²) >= 11 is 0. The summed E-state index contributed by atoms with van der Waals surface area (Å²) in [5.41, 5.74) is 2.04. The van der Waals surface area contributed by atoms with Crippen LogP contribution in [0.4, 0.5) is 14.5 Å². The van der Waals surface area contributed by atoms with Crippen molar-refractivity contribution in [3.63, 3.8) is 0 Å². The fourth-order valence-electron chi connectivity index (χ4n) is 3.48. The van der Waals surface area contributed by atoms with E-state index in [1.54, 1.807) is 6.07 Å². The molecule has 4 rings (SSSR count). The molecule has 3 aromatic rings. The number of halogens is 2. The Hall–Kier alpha value is -3.10. The minimum atomic E-state index is -4.07. The van der Waals surface area contributed by atoms with E-state index in [1.807, 2.05) is 18.2 Å². The average Bonchev–Trinajstić information content (AvgIpc) is 2.74. The van der Waals surface area contributed by atoms with Crippen LogP contribution in [-0.4, -0.2) is 24.7 Å². The molecule has 0 aliphatic carbocycles. The summed E-state index contributed by atoms with van der Waals surface area (Å²) in [7, 11) is -4.07. The van der Waals surface area contributed by atoms with Crippen molar-refractivity contribution in [2.24, 2.45) is 0 Å². The Balaban J connectivity index is 1.70. The highest BCUT2D eigenvalue weighted by Gasteiger charge is 2.39. The highest BCUT2D eigenvalue weighted by atomic mass is 32.2. The third-order valence-electron chi connectivity index (χ3n) is 5.04. The predicted octanol–water partition coefficient (Wildman–Crippen LogP) is 3.72. The number of hydrogen-bond donors (Lipinski definition) is 1. The van der Waals surface area contributed by atoms with Crippen molar-refractivity contribution in [3.05, 3.63) is 95.6 Å². The van der Waals surface area contributed by atoms with E-state index >= 15 is 0 Å². The van der Waals surface area contributed by atoms with Gasteiger partial charge in [0.25, 0.3) is 0 Å². The average molecular weight is 428 g/mol. The molecule has 1 atom stereocenters. The number of nitrogens with zero attached hydrogens (tertiary/aromatic N) is 1. The Morgan fingerprint density at radius 3 is 2.07 bits per heavy atom. The molecule has 0 bridgehead atoms. The van der Waals surface area contributed by atoms with Gasteiger partial charge in [-0.15, -0.1) is 0 Å². The summed E-state index contributed by atoms with van der Waals surface area (Å²) in [5.74, 6) is -1.52. The molecule has 8 heteroatoms. The Bertz CT molecular complexity index is 1180. The van der Waals surface area contributed by atoms with Crippen molar-refractivity contribution in [2.45, 2.75) is 23.9 Å². The van der Waals surface area contributed by atoms with Gasteiger partial charge >= 0.3 is 0 Å². The zero-order valence-electron chi connectivity index (χ0n) is 15.8. The number of anilines is 1. The van der Waals surface area contributed by atoms with Gasteiger partial charge in [0.1, 0.15) is 17.7 Å². The number of carbonyl (C=O) groups is 1. The summed E-state index contributed by atoms with van der Waals surface area (Å²) < 4.78 is 54.2. The van der Waals surface area contributed by atoms with Crippen molar-refractivity contribution in [3.8, 4) is 0 Å². The van der Waals surface area contributed by atoms with Crippen LogP contribution in [0, 0.1) is 11.6 Å². The topological polar surface area (TPSA) is 66.5 Å². The molecule has 0 saturated carbocycles. The maximum Gasteiger partial charge on any atom is 0.244 e. The molecular formula is C22H18F2N2O3S. The lowest BCUT2D eigenvalue weighted by molar-refractivity contribution is -0.120. The quantitative estimate of drug-likeness (QED) is 0.689. The van der Waals surface area contributed by atoms with Crippen LogP contribution in [0.2, 0.25) is 0 Å². The van der Waals surface area contributed by atoms with Crippen molar-refractivity contribution in [2.75, 3.05) is 5.32 Å². The second kappa shape index (κ2) is 7.97. The molecule has 30 heavy (non-hydrogen) atoms. The van der Waals surface area contributed by atoms with E-state index in [2.05, 4.69) is 5.32 Å². The molecule has 0 radical (unpaired) electrons. The minimum Gasteiger partial charge on any atom is -0.325 e. The fraction of sp³-hybridized carbons (Fsp3) is 0.136. The molecule has 3 aromatic carbocycles. The number of hydrogen-bond acceptors (Lipinski definition) is 3. The minimum absolute atomic E-state index is 0.0113. The van der Waals surface area contributed by atoms with Crippen LogP contribution in [0.25, 0.3) is 0 Å². The highest BCUT2D eigenvalue weighted by Crippen LogP contribution is 2.30. The number of rotatable bonds is 4. The van der Waals surface area contributed by atoms with Crippen LogP contribution in [0.1, 0.15) is 11.1 Å². The van der Waals surface area contributed by atoms with E-state index in [1.165, 1.54) is 36.4 Å². The van der Waals surface area contributed by atoms with Gasteiger partial charge in [0.05, 0.1) is 4.90 Å². The number of carbonyl (C=O) groups excluding carboxylic acids is 1. The lowest BCUT2D eigenvalue weighted by Gasteiger charge is -2.35. The van der Waals surface area contributed by atoms with E-state index in [0.29, 0.717) is 5.69 Å². The first-order valence-electron chi connectivity index (χ1n) is 9.25. The maximum atomic E-state index is 13.3. The van der Waals surface area contributed by atoms with Crippen LogP contribution in [-0.2, 0) is 27.8 Å². The smallest absolute Gasteiger partial charge is 0.244 e. The van der Waals surface area contributed by atoms with Crippen LogP contribution in [0.5, 0.6) is 0 Å². The van der Waals surface area contributed by atoms with Gasteiger partial charge < -0.3 is 5.32 Å². The lowest BCUT2D eigenvalue weighted by Crippen LogP contribution is -2.50. The molecule has 0 aromatic heterocycles. The highest BCUT2D eigenvalue weighted by molar-refractivity contribution is 7.89. The summed E-state index contributed by atoms with van der Waals surface area (Å²) in [6.07, 6.45) is 0.184. The van der Waals surface area contributed by atoms with E-state index < -0.39 is 33.6 Å². The SMILES string of the molecule is O=C(Nc1ccc(F)cc1)[C@H]1Cc2ccccc2CN1S(=O)(=O)c1ccc(F)cc1. The zero-order valence-corrected chi connectivity index (χ0v) is 16.6. The molecule has 5 nitrogen and oxygen atoms in total. The zero-order chi connectivity index (χ0) is 21.3. The van der Waals surface area contributed by atoms with Gasteiger partial charge in [0, 0.05) is 12.2 Å². The van der Waals surface area contributed by atoms with Crippen LogP contribution >= 0.6 is 0 Å². The van der Waals surface area contributed by atoms with Gasteiger partial charge in [0.2, 0.25) is 15.9 Å². The van der Waals surface area contributed by atoms with Gasteiger partial charge in [-0.3, -0.25) is 4.79 Å². The van der Waals surface area contributed by atoms with E-state index in [4.69, 9.17) is 0 Å².